The van der Waals surface area contributed by atoms with Crippen molar-refractivity contribution in [2.75, 3.05) is 6.61 Å². The second-order valence-corrected chi connectivity index (χ2v) is 6.88. The van der Waals surface area contributed by atoms with Gasteiger partial charge in [-0.1, -0.05) is 36.4 Å². The first-order valence-corrected chi connectivity index (χ1v) is 9.21. The van der Waals surface area contributed by atoms with Crippen molar-refractivity contribution in [1.82, 2.24) is 10.3 Å². The normalized spacial score (nSPS) is 12.3. The lowest BCUT2D eigenvalue weighted by atomic mass is 10.0. The van der Waals surface area contributed by atoms with Crippen molar-refractivity contribution in [2.45, 2.75) is 26.3 Å². The van der Waals surface area contributed by atoms with Crippen LogP contribution in [0.3, 0.4) is 0 Å². The first-order valence-electron chi connectivity index (χ1n) is 9.21. The third-order valence-corrected chi connectivity index (χ3v) is 4.80. The van der Waals surface area contributed by atoms with Gasteiger partial charge in [-0.3, -0.25) is 9.78 Å². The van der Waals surface area contributed by atoms with E-state index in [0.29, 0.717) is 13.0 Å². The Labute approximate surface area is 159 Å². The minimum absolute atomic E-state index is 0.00310. The van der Waals surface area contributed by atoms with Gasteiger partial charge in [-0.05, 0) is 52.9 Å². The predicted octanol–water partition coefficient (Wildman–Crippen LogP) is 3.85. The molecule has 0 saturated carbocycles. The van der Waals surface area contributed by atoms with Crippen LogP contribution in [0, 0.1) is 6.92 Å². The number of aryl methyl sites for hydroxylation is 1. The topological polar surface area (TPSA) is 51.2 Å². The summed E-state index contributed by atoms with van der Waals surface area (Å²) >= 11 is 0. The summed E-state index contributed by atoms with van der Waals surface area (Å²) < 4.78 is 5.57. The van der Waals surface area contributed by atoms with E-state index in [-0.39, 0.29) is 5.91 Å². The number of nitrogens with zero attached hydrogens (tertiary/aromatic N) is 1. The van der Waals surface area contributed by atoms with Crippen molar-refractivity contribution in [3.8, 4) is 16.9 Å². The first-order chi connectivity index (χ1) is 13.2. The van der Waals surface area contributed by atoms with Crippen LogP contribution >= 0.6 is 0 Å². The molecule has 3 aromatic rings. The second-order valence-electron chi connectivity index (χ2n) is 6.88. The zero-order valence-electron chi connectivity index (χ0n) is 15.4. The molecule has 0 spiro atoms. The SMILES string of the molecule is Cc1ccc(CC(=O)NCc2ccc(-c3ccc4c(c3)CCO4)cc2)cn1. The number of ether oxygens (including phenoxy) is 1. The van der Waals surface area contributed by atoms with Crippen molar-refractivity contribution in [3.05, 3.63) is 83.2 Å². The summed E-state index contributed by atoms with van der Waals surface area (Å²) in [6.45, 7) is 3.23. The number of hydrogen-bond acceptors (Lipinski definition) is 3. The minimum Gasteiger partial charge on any atom is -0.493 e. The number of carbonyl (C=O) groups excluding carboxylic acids is 1. The highest BCUT2D eigenvalue weighted by Gasteiger charge is 2.12. The van der Waals surface area contributed by atoms with Gasteiger partial charge < -0.3 is 10.1 Å². The molecule has 0 unspecified atom stereocenters. The molecule has 1 amide bonds. The molecule has 4 rings (SSSR count). The maximum Gasteiger partial charge on any atom is 0.224 e. The fourth-order valence-electron chi connectivity index (χ4n) is 3.23. The number of aromatic nitrogens is 1. The van der Waals surface area contributed by atoms with Gasteiger partial charge in [0.2, 0.25) is 5.91 Å². The van der Waals surface area contributed by atoms with Crippen LogP contribution < -0.4 is 10.1 Å². The van der Waals surface area contributed by atoms with E-state index in [1.807, 2.05) is 25.1 Å². The van der Waals surface area contributed by atoms with Crippen LogP contribution in [0.2, 0.25) is 0 Å². The number of hydrogen-bond donors (Lipinski definition) is 1. The van der Waals surface area contributed by atoms with Gasteiger partial charge >= 0.3 is 0 Å². The minimum atomic E-state index is 0.00310. The molecule has 4 heteroatoms. The molecular formula is C23H22N2O2. The van der Waals surface area contributed by atoms with Crippen LogP contribution in [0.25, 0.3) is 11.1 Å². The molecule has 136 valence electrons. The van der Waals surface area contributed by atoms with E-state index in [0.717, 1.165) is 35.6 Å². The highest BCUT2D eigenvalue weighted by Crippen LogP contribution is 2.30. The zero-order valence-corrected chi connectivity index (χ0v) is 15.4. The van der Waals surface area contributed by atoms with Crippen LogP contribution in [0.5, 0.6) is 5.75 Å². The molecular weight excluding hydrogens is 336 g/mol. The van der Waals surface area contributed by atoms with E-state index in [2.05, 4.69) is 46.7 Å². The predicted molar refractivity (Wildman–Crippen MR) is 106 cm³/mol. The Morgan fingerprint density at radius 2 is 1.81 bits per heavy atom. The molecule has 0 bridgehead atoms. The van der Waals surface area contributed by atoms with Crippen molar-refractivity contribution >= 4 is 5.91 Å². The number of rotatable bonds is 5. The van der Waals surface area contributed by atoms with E-state index < -0.39 is 0 Å². The highest BCUT2D eigenvalue weighted by atomic mass is 16.5. The van der Waals surface area contributed by atoms with E-state index in [9.17, 15) is 4.79 Å². The Morgan fingerprint density at radius 3 is 2.59 bits per heavy atom. The molecule has 4 nitrogen and oxygen atoms in total. The van der Waals surface area contributed by atoms with Crippen molar-refractivity contribution in [2.24, 2.45) is 0 Å². The first kappa shape index (κ1) is 17.3. The summed E-state index contributed by atoms with van der Waals surface area (Å²) in [6.07, 6.45) is 3.08. The molecule has 27 heavy (non-hydrogen) atoms. The number of fused-ring (bicyclic) bond motifs is 1. The van der Waals surface area contributed by atoms with E-state index in [1.54, 1.807) is 6.20 Å². The molecule has 0 fully saturated rings. The standard InChI is InChI=1S/C23H22N2O2/c1-16-2-3-18(15-24-16)12-23(26)25-14-17-4-6-19(7-5-17)20-8-9-22-21(13-20)10-11-27-22/h2-9,13,15H,10-12,14H2,1H3,(H,25,26). The smallest absolute Gasteiger partial charge is 0.224 e. The number of amides is 1. The van der Waals surface area contributed by atoms with Gasteiger partial charge in [0.15, 0.2) is 0 Å². The van der Waals surface area contributed by atoms with Gasteiger partial charge in [-0.25, -0.2) is 0 Å². The lowest BCUT2D eigenvalue weighted by Crippen LogP contribution is -2.24. The average molecular weight is 358 g/mol. The van der Waals surface area contributed by atoms with E-state index in [4.69, 9.17) is 4.74 Å². The average Bonchev–Trinajstić information content (AvgIpc) is 3.16. The van der Waals surface area contributed by atoms with Crippen molar-refractivity contribution in [1.29, 1.82) is 0 Å². The van der Waals surface area contributed by atoms with Gasteiger partial charge in [0, 0.05) is 24.9 Å². The number of carbonyl (C=O) groups is 1. The van der Waals surface area contributed by atoms with Crippen LogP contribution in [-0.2, 0) is 24.2 Å². The summed E-state index contributed by atoms with van der Waals surface area (Å²) in [7, 11) is 0. The summed E-state index contributed by atoms with van der Waals surface area (Å²) in [5, 5.41) is 2.97. The molecule has 0 atom stereocenters. The molecule has 2 heterocycles. The highest BCUT2D eigenvalue weighted by molar-refractivity contribution is 5.78. The lowest BCUT2D eigenvalue weighted by Gasteiger charge is -2.08. The summed E-state index contributed by atoms with van der Waals surface area (Å²) in [5.41, 5.74) is 6.60. The van der Waals surface area contributed by atoms with Crippen LogP contribution in [0.15, 0.2) is 60.8 Å². The molecule has 0 aliphatic carbocycles. The molecule has 1 aliphatic heterocycles. The van der Waals surface area contributed by atoms with Gasteiger partial charge in [-0.2, -0.15) is 0 Å². The third-order valence-electron chi connectivity index (χ3n) is 4.80. The Hall–Kier alpha value is -3.14. The lowest BCUT2D eigenvalue weighted by molar-refractivity contribution is -0.120. The van der Waals surface area contributed by atoms with E-state index in [1.165, 1.54) is 16.7 Å². The van der Waals surface area contributed by atoms with Crippen molar-refractivity contribution < 1.29 is 9.53 Å². The second kappa shape index (κ2) is 7.62. The van der Waals surface area contributed by atoms with Gasteiger partial charge in [-0.15, -0.1) is 0 Å². The number of benzene rings is 2. The van der Waals surface area contributed by atoms with E-state index >= 15 is 0 Å². The molecule has 2 aromatic carbocycles. The molecule has 0 saturated heterocycles. The monoisotopic (exact) mass is 358 g/mol. The fourth-order valence-corrected chi connectivity index (χ4v) is 3.23. The van der Waals surface area contributed by atoms with Gasteiger partial charge in [0.1, 0.15) is 5.75 Å². The number of nitrogens with one attached hydrogen (secondary N) is 1. The molecule has 0 radical (unpaired) electrons. The third kappa shape index (κ3) is 4.17. The summed E-state index contributed by atoms with van der Waals surface area (Å²) in [6, 6.07) is 18.5. The Kier molecular flexibility index (Phi) is 4.88. The quantitative estimate of drug-likeness (QED) is 0.754. The van der Waals surface area contributed by atoms with Crippen LogP contribution in [0.1, 0.15) is 22.4 Å². The van der Waals surface area contributed by atoms with Gasteiger partial charge in [0.25, 0.3) is 0 Å². The van der Waals surface area contributed by atoms with Crippen molar-refractivity contribution in [3.63, 3.8) is 0 Å². The largest absolute Gasteiger partial charge is 0.493 e. The molecule has 1 aromatic heterocycles. The summed E-state index contributed by atoms with van der Waals surface area (Å²) in [5.74, 6) is 1.00. The molecule has 1 N–H and O–H groups in total. The fraction of sp³-hybridized carbons (Fsp3) is 0.217. The summed E-state index contributed by atoms with van der Waals surface area (Å²) in [4.78, 5) is 16.3. The maximum atomic E-state index is 12.1. The van der Waals surface area contributed by atoms with Crippen LogP contribution in [-0.4, -0.2) is 17.5 Å². The Balaban J connectivity index is 1.35. The Bertz CT molecular complexity index is 947. The number of pyridine rings is 1. The Morgan fingerprint density at radius 1 is 1.04 bits per heavy atom. The van der Waals surface area contributed by atoms with Gasteiger partial charge in [0.05, 0.1) is 13.0 Å². The maximum absolute atomic E-state index is 12.1. The van der Waals surface area contributed by atoms with Crippen LogP contribution in [0.4, 0.5) is 0 Å². The molecule has 1 aliphatic rings. The zero-order chi connectivity index (χ0) is 18.6.